The second-order valence-electron chi connectivity index (χ2n) is 9.29. The Morgan fingerprint density at radius 1 is 1.17 bits per heavy atom. The number of Topliss-reactive ketones (excluding diaryl/α,β-unsaturated/α-hetero) is 1. The first-order valence-electron chi connectivity index (χ1n) is 9.92. The highest BCUT2D eigenvalue weighted by Gasteiger charge is 2.51. The number of aliphatic hydroxyl groups is 1. The molecule has 0 atom stereocenters. The lowest BCUT2D eigenvalue weighted by molar-refractivity contribution is -0.121. The molecule has 0 radical (unpaired) electrons. The van der Waals surface area contributed by atoms with Gasteiger partial charge in [-0.05, 0) is 70.4 Å². The Hall–Kier alpha value is -2.74. The molecular formula is C24H29NO4. The summed E-state index contributed by atoms with van der Waals surface area (Å²) in [6.07, 6.45) is 0.341. The minimum absolute atomic E-state index is 0.0712. The van der Waals surface area contributed by atoms with E-state index in [0.29, 0.717) is 31.5 Å². The summed E-state index contributed by atoms with van der Waals surface area (Å²) in [4.78, 5) is 26.9. The van der Waals surface area contributed by atoms with Crippen molar-refractivity contribution in [3.8, 4) is 11.8 Å². The number of hydrogen-bond acceptors (Lipinski definition) is 4. The third-order valence-corrected chi connectivity index (χ3v) is 5.40. The van der Waals surface area contributed by atoms with E-state index < -0.39 is 11.0 Å². The van der Waals surface area contributed by atoms with E-state index in [0.717, 1.165) is 22.3 Å². The van der Waals surface area contributed by atoms with Gasteiger partial charge in [0.1, 0.15) is 11.4 Å². The van der Waals surface area contributed by atoms with E-state index in [1.54, 1.807) is 11.8 Å². The molecule has 1 aromatic rings. The third-order valence-electron chi connectivity index (χ3n) is 5.40. The zero-order valence-electron chi connectivity index (χ0n) is 18.1. The number of rotatable bonds is 1. The van der Waals surface area contributed by atoms with Crippen LogP contribution in [0, 0.1) is 31.1 Å². The second kappa shape index (κ2) is 7.26. The number of hydrogen-bond donors (Lipinski definition) is 1. The summed E-state index contributed by atoms with van der Waals surface area (Å²) in [5.74, 6) is 5.97. The summed E-state index contributed by atoms with van der Waals surface area (Å²) in [5, 5.41) is 10.8. The average Bonchev–Trinajstić information content (AvgIpc) is 2.52. The minimum Gasteiger partial charge on any atom is -0.512 e. The molecule has 1 heterocycles. The van der Waals surface area contributed by atoms with Crippen LogP contribution in [0.25, 0.3) is 5.57 Å². The van der Waals surface area contributed by atoms with E-state index in [2.05, 4.69) is 11.8 Å². The maximum absolute atomic E-state index is 13.1. The zero-order valence-corrected chi connectivity index (χ0v) is 18.1. The molecule has 1 spiro atoms. The van der Waals surface area contributed by atoms with Crippen molar-refractivity contribution in [2.75, 3.05) is 13.1 Å². The number of likely N-dealkylation sites (tertiary alicyclic amines) is 1. The first-order chi connectivity index (χ1) is 13.4. The van der Waals surface area contributed by atoms with Crippen LogP contribution in [-0.2, 0) is 9.53 Å². The smallest absolute Gasteiger partial charge is 0.410 e. The van der Waals surface area contributed by atoms with Crippen LogP contribution >= 0.6 is 0 Å². The Labute approximate surface area is 172 Å². The summed E-state index contributed by atoms with van der Waals surface area (Å²) in [5.41, 5.74) is 3.02. The number of amides is 1. The number of nitrogens with zero attached hydrogens (tertiary/aromatic N) is 1. The molecule has 0 unspecified atom stereocenters. The molecule has 1 amide bonds. The van der Waals surface area contributed by atoms with Crippen LogP contribution in [0.2, 0.25) is 0 Å². The van der Waals surface area contributed by atoms with Crippen molar-refractivity contribution in [2.45, 2.75) is 60.0 Å². The van der Waals surface area contributed by atoms with Crippen molar-refractivity contribution < 1.29 is 19.4 Å². The molecule has 5 heteroatoms. The number of carbonyl (C=O) groups excluding carboxylic acids is 2. The number of ether oxygens (including phenoxy) is 1. The van der Waals surface area contributed by atoms with Gasteiger partial charge in [-0.2, -0.15) is 0 Å². The lowest BCUT2D eigenvalue weighted by Crippen LogP contribution is -2.61. The van der Waals surface area contributed by atoms with E-state index in [4.69, 9.17) is 4.74 Å². The number of ketones is 1. The van der Waals surface area contributed by atoms with E-state index >= 15 is 0 Å². The lowest BCUT2D eigenvalue weighted by atomic mass is 9.67. The van der Waals surface area contributed by atoms with Crippen molar-refractivity contribution >= 4 is 17.4 Å². The summed E-state index contributed by atoms with van der Waals surface area (Å²) in [7, 11) is 0. The normalized spacial score (nSPS) is 18.3. The molecule has 1 fully saturated rings. The van der Waals surface area contributed by atoms with Gasteiger partial charge in [-0.25, -0.2) is 4.79 Å². The van der Waals surface area contributed by atoms with Crippen molar-refractivity contribution in [2.24, 2.45) is 5.41 Å². The standard InChI is InChI=1S/C24H29NO4/c1-7-8-17-9-15(2)20(16(3)10-17)21-18(26)11-24(12-19(21)27)13-25(14-24)22(28)29-23(4,5)6/h9-10,26H,11-14H2,1-6H3. The van der Waals surface area contributed by atoms with E-state index in [1.807, 2.05) is 46.8 Å². The van der Waals surface area contributed by atoms with Gasteiger partial charge in [0.25, 0.3) is 0 Å². The molecule has 3 rings (SSSR count). The van der Waals surface area contributed by atoms with E-state index in [-0.39, 0.29) is 17.6 Å². The molecule has 154 valence electrons. The number of benzene rings is 1. The van der Waals surface area contributed by atoms with E-state index in [9.17, 15) is 14.7 Å². The fourth-order valence-electron chi connectivity index (χ4n) is 4.40. The molecule has 5 nitrogen and oxygen atoms in total. The Morgan fingerprint density at radius 3 is 2.24 bits per heavy atom. The summed E-state index contributed by atoms with van der Waals surface area (Å²) in [6, 6.07) is 3.90. The van der Waals surface area contributed by atoms with Crippen LogP contribution in [0.4, 0.5) is 4.79 Å². The first kappa shape index (κ1) is 21.0. The molecule has 0 aromatic heterocycles. The van der Waals surface area contributed by atoms with Gasteiger partial charge >= 0.3 is 6.09 Å². The zero-order chi connectivity index (χ0) is 21.6. The summed E-state index contributed by atoms with van der Waals surface area (Å²) >= 11 is 0. The van der Waals surface area contributed by atoms with Crippen LogP contribution in [0.15, 0.2) is 17.9 Å². The lowest BCUT2D eigenvalue weighted by Gasteiger charge is -2.51. The van der Waals surface area contributed by atoms with Crippen molar-refractivity contribution in [1.82, 2.24) is 4.90 Å². The number of carbonyl (C=O) groups is 2. The SMILES string of the molecule is CC#Cc1cc(C)c(C2=C(O)CC3(CC2=O)CN(C(=O)OC(C)(C)C)C3)c(C)c1. The predicted octanol–water partition coefficient (Wildman–Crippen LogP) is 4.54. The Morgan fingerprint density at radius 2 is 1.76 bits per heavy atom. The van der Waals surface area contributed by atoms with Crippen LogP contribution in [-0.4, -0.2) is 40.6 Å². The van der Waals surface area contributed by atoms with Gasteiger partial charge in [0.05, 0.1) is 5.57 Å². The molecule has 0 saturated carbocycles. The molecule has 2 aliphatic rings. The van der Waals surface area contributed by atoms with Gasteiger partial charge in [-0.15, -0.1) is 5.92 Å². The maximum atomic E-state index is 13.1. The van der Waals surface area contributed by atoms with Gasteiger partial charge < -0.3 is 14.7 Å². The molecule has 29 heavy (non-hydrogen) atoms. The third kappa shape index (κ3) is 4.17. The fourth-order valence-corrected chi connectivity index (χ4v) is 4.40. The highest BCUT2D eigenvalue weighted by atomic mass is 16.6. The van der Waals surface area contributed by atoms with Crippen LogP contribution in [0.5, 0.6) is 0 Å². The molecule has 1 N–H and O–H groups in total. The quantitative estimate of drug-likeness (QED) is 0.709. The van der Waals surface area contributed by atoms with Crippen LogP contribution < -0.4 is 0 Å². The molecular weight excluding hydrogens is 366 g/mol. The van der Waals surface area contributed by atoms with Gasteiger partial charge in [-0.1, -0.05) is 5.92 Å². The molecule has 1 aliphatic heterocycles. The number of aryl methyl sites for hydroxylation is 2. The molecule has 1 aromatic carbocycles. The Kier molecular flexibility index (Phi) is 5.25. The van der Waals surface area contributed by atoms with Gasteiger partial charge in [0.2, 0.25) is 0 Å². The average molecular weight is 395 g/mol. The Balaban J connectivity index is 1.83. The summed E-state index contributed by atoms with van der Waals surface area (Å²) < 4.78 is 5.40. The monoisotopic (exact) mass is 395 g/mol. The van der Waals surface area contributed by atoms with Crippen molar-refractivity contribution in [3.05, 3.63) is 40.1 Å². The molecule has 1 aliphatic carbocycles. The highest BCUT2D eigenvalue weighted by molar-refractivity contribution is 6.23. The predicted molar refractivity (Wildman–Crippen MR) is 112 cm³/mol. The maximum Gasteiger partial charge on any atom is 0.410 e. The largest absolute Gasteiger partial charge is 0.512 e. The van der Waals surface area contributed by atoms with Crippen molar-refractivity contribution in [3.63, 3.8) is 0 Å². The van der Waals surface area contributed by atoms with Crippen molar-refractivity contribution in [1.29, 1.82) is 0 Å². The highest BCUT2D eigenvalue weighted by Crippen LogP contribution is 2.47. The summed E-state index contributed by atoms with van der Waals surface area (Å²) in [6.45, 7) is 12.0. The fraction of sp³-hybridized carbons (Fsp3) is 0.500. The Bertz CT molecular complexity index is 940. The minimum atomic E-state index is -0.555. The first-order valence-corrected chi connectivity index (χ1v) is 9.92. The van der Waals surface area contributed by atoms with E-state index in [1.165, 1.54) is 0 Å². The second-order valence-corrected chi connectivity index (χ2v) is 9.29. The number of aliphatic hydroxyl groups excluding tert-OH is 1. The van der Waals surface area contributed by atoms with Crippen LogP contribution in [0.1, 0.15) is 62.8 Å². The van der Waals surface area contributed by atoms with Crippen LogP contribution in [0.3, 0.4) is 0 Å². The van der Waals surface area contributed by atoms with Gasteiger partial charge in [0.15, 0.2) is 5.78 Å². The topological polar surface area (TPSA) is 66.8 Å². The van der Waals surface area contributed by atoms with Gasteiger partial charge in [0, 0.05) is 36.9 Å². The number of allylic oxidation sites excluding steroid dienone is 2. The molecule has 1 saturated heterocycles. The molecule has 0 bridgehead atoms. The van der Waals surface area contributed by atoms with Gasteiger partial charge in [-0.3, -0.25) is 4.79 Å².